The number of carbonyl (C=O) groups excluding carboxylic acids is 1. The average Bonchev–Trinajstić information content (AvgIpc) is 2.52. The molecule has 2 nitrogen and oxygen atoms in total. The van der Waals surface area contributed by atoms with Crippen molar-refractivity contribution >= 4 is 5.97 Å². The Balaban J connectivity index is 5.45. The number of hydrogen-bond donors (Lipinski definition) is 0. The average molecular weight is 460 g/mol. The molecule has 0 radical (unpaired) electrons. The highest BCUT2D eigenvalue weighted by molar-refractivity contribution is 5.86. The number of hydrogen-bond acceptors (Lipinski definition) is 2. The van der Waals surface area contributed by atoms with Crippen molar-refractivity contribution in [3.63, 3.8) is 0 Å². The first-order valence-corrected chi connectivity index (χ1v) is 7.36. The summed E-state index contributed by atoms with van der Waals surface area (Å²) in [5.74, 6) is -37.8. The van der Waals surface area contributed by atoms with Crippen molar-refractivity contribution in [1.82, 2.24) is 0 Å². The SMILES string of the molecule is C=C(C)C(=O)OCCCCC(F)(F)C(F)(F)C(F)(F)C(F)(F)C(F)(F)C(F)(F)F. The van der Waals surface area contributed by atoms with Gasteiger partial charge in [0.25, 0.3) is 0 Å². The van der Waals surface area contributed by atoms with Gasteiger partial charge in [-0.15, -0.1) is 0 Å². The van der Waals surface area contributed by atoms with Gasteiger partial charge in [0.05, 0.1) is 6.61 Å². The van der Waals surface area contributed by atoms with Gasteiger partial charge in [-0.25, -0.2) is 4.79 Å². The summed E-state index contributed by atoms with van der Waals surface area (Å²) in [7, 11) is 0. The second-order valence-corrected chi connectivity index (χ2v) is 5.87. The number of ether oxygens (including phenoxy) is 1. The zero-order chi connectivity index (χ0) is 23.7. The monoisotopic (exact) mass is 460 g/mol. The standard InChI is InChI=1S/C14H13F13O2/c1-7(2)8(28)29-6-4-3-5-9(15,16)10(17,18)11(19,20)12(21,22)13(23,24)14(25,26)27/h1,3-6H2,2H3. The second-order valence-electron chi connectivity index (χ2n) is 5.87. The van der Waals surface area contributed by atoms with E-state index in [1.54, 1.807) is 0 Å². The van der Waals surface area contributed by atoms with Crippen molar-refractivity contribution in [2.45, 2.75) is 62.0 Å². The summed E-state index contributed by atoms with van der Waals surface area (Å²) in [6, 6.07) is 0. The van der Waals surface area contributed by atoms with Crippen LogP contribution in [0.15, 0.2) is 12.2 Å². The number of rotatable bonds is 10. The van der Waals surface area contributed by atoms with Crippen LogP contribution in [0.4, 0.5) is 57.1 Å². The van der Waals surface area contributed by atoms with Gasteiger partial charge in [0.15, 0.2) is 0 Å². The highest BCUT2D eigenvalue weighted by Crippen LogP contribution is 2.60. The van der Waals surface area contributed by atoms with E-state index < -0.39 is 67.6 Å². The first-order chi connectivity index (χ1) is 12.6. The van der Waals surface area contributed by atoms with Gasteiger partial charge in [0.1, 0.15) is 0 Å². The molecule has 0 rings (SSSR count). The predicted octanol–water partition coefficient (Wildman–Crippen LogP) is 6.01. The largest absolute Gasteiger partial charge is 0.462 e. The van der Waals surface area contributed by atoms with Crippen molar-refractivity contribution in [2.24, 2.45) is 0 Å². The molecule has 0 aromatic rings. The molecule has 0 fully saturated rings. The zero-order valence-electron chi connectivity index (χ0n) is 14.3. The van der Waals surface area contributed by atoms with Gasteiger partial charge in [-0.05, 0) is 19.8 Å². The molecular weight excluding hydrogens is 447 g/mol. The molecular formula is C14H13F13O2. The lowest BCUT2D eigenvalue weighted by Crippen LogP contribution is -2.70. The lowest BCUT2D eigenvalue weighted by Gasteiger charge is -2.39. The van der Waals surface area contributed by atoms with Crippen LogP contribution >= 0.6 is 0 Å². The van der Waals surface area contributed by atoms with Crippen LogP contribution in [0.3, 0.4) is 0 Å². The summed E-state index contributed by atoms with van der Waals surface area (Å²) in [5, 5.41) is 0. The molecule has 0 amide bonds. The predicted molar refractivity (Wildman–Crippen MR) is 70.4 cm³/mol. The van der Waals surface area contributed by atoms with Crippen molar-refractivity contribution < 1.29 is 66.6 Å². The minimum Gasteiger partial charge on any atom is -0.462 e. The Morgan fingerprint density at radius 1 is 0.724 bits per heavy atom. The number of halogens is 13. The van der Waals surface area contributed by atoms with Crippen LogP contribution in [0.5, 0.6) is 0 Å². The van der Waals surface area contributed by atoms with Crippen LogP contribution in [-0.4, -0.2) is 48.4 Å². The Labute approximate surface area is 154 Å². The second kappa shape index (κ2) is 8.20. The fourth-order valence-corrected chi connectivity index (χ4v) is 1.70. The smallest absolute Gasteiger partial charge is 0.460 e. The zero-order valence-corrected chi connectivity index (χ0v) is 14.3. The number of esters is 1. The Bertz CT molecular complexity index is 607. The van der Waals surface area contributed by atoms with Crippen LogP contribution in [0.2, 0.25) is 0 Å². The van der Waals surface area contributed by atoms with E-state index in [2.05, 4.69) is 11.3 Å². The summed E-state index contributed by atoms with van der Waals surface area (Å²) in [4.78, 5) is 10.9. The van der Waals surface area contributed by atoms with Crippen LogP contribution in [0.25, 0.3) is 0 Å². The maximum atomic E-state index is 13.4. The van der Waals surface area contributed by atoms with Gasteiger partial charge in [-0.1, -0.05) is 6.58 Å². The van der Waals surface area contributed by atoms with Crippen LogP contribution in [0, 0.1) is 0 Å². The molecule has 0 bridgehead atoms. The van der Waals surface area contributed by atoms with Crippen molar-refractivity contribution in [3.8, 4) is 0 Å². The fourth-order valence-electron chi connectivity index (χ4n) is 1.70. The molecule has 0 aliphatic rings. The Morgan fingerprint density at radius 3 is 1.52 bits per heavy atom. The summed E-state index contributed by atoms with van der Waals surface area (Å²) in [5.41, 5.74) is -0.144. The molecule has 0 unspecified atom stereocenters. The lowest BCUT2D eigenvalue weighted by molar-refractivity contribution is -0.440. The molecule has 0 N–H and O–H groups in total. The number of alkyl halides is 13. The fraction of sp³-hybridized carbons (Fsp3) is 0.786. The van der Waals surface area contributed by atoms with Crippen LogP contribution < -0.4 is 0 Å². The third kappa shape index (κ3) is 4.90. The first-order valence-electron chi connectivity index (χ1n) is 7.36. The van der Waals surface area contributed by atoms with E-state index in [1.165, 1.54) is 6.92 Å². The number of unbranched alkanes of at least 4 members (excludes halogenated alkanes) is 1. The molecule has 0 atom stereocenters. The minimum absolute atomic E-state index is 0.144. The third-order valence-corrected chi connectivity index (χ3v) is 3.47. The molecule has 172 valence electrons. The molecule has 0 heterocycles. The quantitative estimate of drug-likeness (QED) is 0.173. The minimum atomic E-state index is -7.90. The van der Waals surface area contributed by atoms with Gasteiger partial charge in [-0.3, -0.25) is 0 Å². The summed E-state index contributed by atoms with van der Waals surface area (Å²) >= 11 is 0. The molecule has 0 saturated carbocycles. The molecule has 0 aromatic carbocycles. The van der Waals surface area contributed by atoms with Crippen LogP contribution in [-0.2, 0) is 9.53 Å². The Hall–Kier alpha value is -1.70. The van der Waals surface area contributed by atoms with E-state index in [1.807, 2.05) is 0 Å². The van der Waals surface area contributed by atoms with Gasteiger partial charge < -0.3 is 4.74 Å². The van der Waals surface area contributed by atoms with E-state index in [-0.39, 0.29) is 5.57 Å². The van der Waals surface area contributed by atoms with Crippen molar-refractivity contribution in [2.75, 3.05) is 6.61 Å². The maximum absolute atomic E-state index is 13.4. The lowest BCUT2D eigenvalue weighted by atomic mass is 9.92. The molecule has 0 saturated heterocycles. The Morgan fingerprint density at radius 2 is 1.14 bits per heavy atom. The highest BCUT2D eigenvalue weighted by atomic mass is 19.4. The van der Waals surface area contributed by atoms with E-state index in [9.17, 15) is 61.9 Å². The van der Waals surface area contributed by atoms with E-state index >= 15 is 0 Å². The molecule has 15 heteroatoms. The Kier molecular flexibility index (Phi) is 7.72. The molecule has 0 aliphatic carbocycles. The topological polar surface area (TPSA) is 26.3 Å². The normalized spacial score (nSPS) is 14.7. The van der Waals surface area contributed by atoms with Gasteiger partial charge in [0.2, 0.25) is 0 Å². The highest BCUT2D eigenvalue weighted by Gasteiger charge is 2.90. The number of carbonyl (C=O) groups is 1. The molecule has 29 heavy (non-hydrogen) atoms. The summed E-state index contributed by atoms with van der Waals surface area (Å²) in [6.45, 7) is 3.60. The summed E-state index contributed by atoms with van der Waals surface area (Å²) in [6.07, 6.45) is -11.6. The van der Waals surface area contributed by atoms with E-state index in [0.29, 0.717) is 0 Å². The molecule has 0 aliphatic heterocycles. The van der Waals surface area contributed by atoms with Crippen molar-refractivity contribution in [3.05, 3.63) is 12.2 Å². The third-order valence-electron chi connectivity index (χ3n) is 3.47. The van der Waals surface area contributed by atoms with E-state index in [4.69, 9.17) is 0 Å². The van der Waals surface area contributed by atoms with Gasteiger partial charge >= 0.3 is 41.8 Å². The molecule has 0 spiro atoms. The van der Waals surface area contributed by atoms with Gasteiger partial charge in [0, 0.05) is 12.0 Å². The van der Waals surface area contributed by atoms with Gasteiger partial charge in [-0.2, -0.15) is 57.1 Å². The van der Waals surface area contributed by atoms with Crippen molar-refractivity contribution in [1.29, 1.82) is 0 Å². The summed E-state index contributed by atoms with van der Waals surface area (Å²) < 4.78 is 171. The molecule has 0 aromatic heterocycles. The maximum Gasteiger partial charge on any atom is 0.460 e. The van der Waals surface area contributed by atoms with E-state index in [0.717, 1.165) is 0 Å². The first kappa shape index (κ1) is 27.3. The van der Waals surface area contributed by atoms with Crippen LogP contribution in [0.1, 0.15) is 26.2 Å².